The average molecular weight is 385 g/mol. The monoisotopic (exact) mass is 384 g/mol. The third-order valence-corrected chi connectivity index (χ3v) is 5.94. The first kappa shape index (κ1) is 20.6. The molecule has 1 aromatic carbocycles. The molecule has 1 aliphatic rings. The highest BCUT2D eigenvalue weighted by Crippen LogP contribution is 2.27. The number of nitro groups is 1. The summed E-state index contributed by atoms with van der Waals surface area (Å²) in [5.41, 5.74) is 0.117. The highest BCUT2D eigenvalue weighted by molar-refractivity contribution is 7.89. The molecule has 0 amide bonds. The lowest BCUT2D eigenvalue weighted by atomic mass is 10.1. The lowest BCUT2D eigenvalue weighted by molar-refractivity contribution is -0.384. The number of nitro benzene ring substituents is 1. The Hall–Kier alpha value is -1.71. The maximum atomic E-state index is 12.2. The Morgan fingerprint density at radius 3 is 2.54 bits per heavy atom. The van der Waals surface area contributed by atoms with Crippen LogP contribution in [0.4, 0.5) is 11.4 Å². The van der Waals surface area contributed by atoms with Crippen molar-refractivity contribution in [1.29, 1.82) is 0 Å². The third-order valence-electron chi connectivity index (χ3n) is 4.28. The fourth-order valence-corrected chi connectivity index (χ4v) is 4.34. The van der Waals surface area contributed by atoms with E-state index in [1.54, 1.807) is 13.8 Å². The van der Waals surface area contributed by atoms with Crippen molar-refractivity contribution in [2.24, 2.45) is 0 Å². The number of hydrogen-bond donors (Lipinski definition) is 2. The van der Waals surface area contributed by atoms with Crippen LogP contribution in [0.25, 0.3) is 0 Å². The maximum Gasteiger partial charge on any atom is 0.293 e. The zero-order valence-corrected chi connectivity index (χ0v) is 16.2. The van der Waals surface area contributed by atoms with Gasteiger partial charge in [0.2, 0.25) is 10.0 Å². The molecular weight excluding hydrogens is 356 g/mol. The number of benzene rings is 1. The van der Waals surface area contributed by atoms with E-state index in [1.807, 2.05) is 0 Å². The van der Waals surface area contributed by atoms with Crippen LogP contribution >= 0.6 is 0 Å². The zero-order valence-electron chi connectivity index (χ0n) is 15.4. The van der Waals surface area contributed by atoms with Gasteiger partial charge in [-0.2, -0.15) is 0 Å². The van der Waals surface area contributed by atoms with Crippen molar-refractivity contribution in [2.45, 2.75) is 50.5 Å². The molecule has 9 heteroatoms. The van der Waals surface area contributed by atoms with E-state index in [0.29, 0.717) is 12.2 Å². The summed E-state index contributed by atoms with van der Waals surface area (Å²) in [7, 11) is -3.76. The molecule has 0 bridgehead atoms. The number of piperidine rings is 1. The lowest BCUT2D eigenvalue weighted by Crippen LogP contribution is -2.31. The van der Waals surface area contributed by atoms with E-state index in [0.717, 1.165) is 32.1 Å². The van der Waals surface area contributed by atoms with Crippen LogP contribution in [-0.2, 0) is 10.0 Å². The van der Waals surface area contributed by atoms with Gasteiger partial charge in [-0.15, -0.1) is 0 Å². The summed E-state index contributed by atoms with van der Waals surface area (Å²) in [6.45, 7) is 7.21. The molecule has 0 radical (unpaired) electrons. The van der Waals surface area contributed by atoms with Gasteiger partial charge in [-0.3, -0.25) is 10.1 Å². The van der Waals surface area contributed by atoms with Crippen molar-refractivity contribution >= 4 is 21.4 Å². The standard InChI is InChI=1S/C17H28N4O4S/c1-14(2)19-26(24,25)15-7-8-16(17(13-15)21(22)23)18-9-6-12-20-10-4-3-5-11-20/h7-8,13-14,18-19H,3-6,9-12H2,1-2H3. The Morgan fingerprint density at radius 2 is 1.92 bits per heavy atom. The number of anilines is 1. The van der Waals surface area contributed by atoms with Gasteiger partial charge in [0.25, 0.3) is 5.69 Å². The van der Waals surface area contributed by atoms with Crippen molar-refractivity contribution in [3.05, 3.63) is 28.3 Å². The Balaban J connectivity index is 2.00. The molecule has 0 aromatic heterocycles. The quantitative estimate of drug-likeness (QED) is 0.385. The van der Waals surface area contributed by atoms with Gasteiger partial charge in [0.1, 0.15) is 5.69 Å². The molecule has 26 heavy (non-hydrogen) atoms. The van der Waals surface area contributed by atoms with E-state index in [-0.39, 0.29) is 16.6 Å². The predicted molar refractivity (Wildman–Crippen MR) is 102 cm³/mol. The molecule has 0 unspecified atom stereocenters. The molecule has 0 atom stereocenters. The van der Waals surface area contributed by atoms with Gasteiger partial charge >= 0.3 is 0 Å². The summed E-state index contributed by atoms with van der Waals surface area (Å²) in [5.74, 6) is 0. The van der Waals surface area contributed by atoms with Gasteiger partial charge in [0.05, 0.1) is 9.82 Å². The SMILES string of the molecule is CC(C)NS(=O)(=O)c1ccc(NCCCN2CCCCC2)c([N+](=O)[O-])c1. The number of nitrogens with one attached hydrogen (secondary N) is 2. The molecule has 1 heterocycles. The molecule has 1 fully saturated rings. The van der Waals surface area contributed by atoms with Gasteiger partial charge in [-0.1, -0.05) is 6.42 Å². The normalized spacial score (nSPS) is 16.0. The number of nitrogens with zero attached hydrogens (tertiary/aromatic N) is 2. The summed E-state index contributed by atoms with van der Waals surface area (Å²) in [4.78, 5) is 13.1. The van der Waals surface area contributed by atoms with Crippen molar-refractivity contribution < 1.29 is 13.3 Å². The Labute approximate surface area is 155 Å². The molecule has 1 aliphatic heterocycles. The number of sulfonamides is 1. The topological polar surface area (TPSA) is 105 Å². The number of likely N-dealkylation sites (tertiary alicyclic amines) is 1. The minimum atomic E-state index is -3.76. The van der Waals surface area contributed by atoms with Crippen LogP contribution in [0, 0.1) is 10.1 Å². The molecule has 2 N–H and O–H groups in total. The van der Waals surface area contributed by atoms with Crippen molar-refractivity contribution in [1.82, 2.24) is 9.62 Å². The summed E-state index contributed by atoms with van der Waals surface area (Å²) in [5, 5.41) is 14.4. The van der Waals surface area contributed by atoms with Crippen LogP contribution in [0.3, 0.4) is 0 Å². The molecule has 0 aliphatic carbocycles. The van der Waals surface area contributed by atoms with E-state index in [9.17, 15) is 18.5 Å². The van der Waals surface area contributed by atoms with Crippen LogP contribution in [0.2, 0.25) is 0 Å². The van der Waals surface area contributed by atoms with Gasteiger partial charge in [-0.25, -0.2) is 13.1 Å². The second kappa shape index (κ2) is 9.29. The van der Waals surface area contributed by atoms with Crippen LogP contribution in [-0.4, -0.2) is 50.5 Å². The summed E-state index contributed by atoms with van der Waals surface area (Å²) < 4.78 is 26.8. The van der Waals surface area contributed by atoms with E-state index < -0.39 is 14.9 Å². The van der Waals surface area contributed by atoms with Gasteiger partial charge in [0.15, 0.2) is 0 Å². The van der Waals surface area contributed by atoms with Gasteiger partial charge in [-0.05, 0) is 64.9 Å². The fraction of sp³-hybridized carbons (Fsp3) is 0.647. The van der Waals surface area contributed by atoms with Crippen LogP contribution in [0.1, 0.15) is 39.5 Å². The molecule has 2 rings (SSSR count). The predicted octanol–water partition coefficient (Wildman–Crippen LogP) is 2.57. The largest absolute Gasteiger partial charge is 0.379 e. The van der Waals surface area contributed by atoms with Crippen LogP contribution in [0.15, 0.2) is 23.1 Å². The van der Waals surface area contributed by atoms with Crippen molar-refractivity contribution in [3.63, 3.8) is 0 Å². The maximum absolute atomic E-state index is 12.2. The second-order valence-electron chi connectivity index (χ2n) is 6.89. The number of rotatable bonds is 9. The van der Waals surface area contributed by atoms with E-state index in [4.69, 9.17) is 0 Å². The minimum absolute atomic E-state index is 0.100. The fourth-order valence-electron chi connectivity index (χ4n) is 3.07. The average Bonchev–Trinajstić information content (AvgIpc) is 2.58. The Bertz CT molecular complexity index is 715. The summed E-state index contributed by atoms with van der Waals surface area (Å²) in [6, 6.07) is 3.68. The lowest BCUT2D eigenvalue weighted by Gasteiger charge is -2.26. The summed E-state index contributed by atoms with van der Waals surface area (Å²) in [6.07, 6.45) is 4.65. The highest BCUT2D eigenvalue weighted by atomic mass is 32.2. The Kier molecular flexibility index (Phi) is 7.36. The summed E-state index contributed by atoms with van der Waals surface area (Å²) >= 11 is 0. The number of hydrogen-bond acceptors (Lipinski definition) is 6. The van der Waals surface area contributed by atoms with E-state index in [1.165, 1.54) is 31.4 Å². The minimum Gasteiger partial charge on any atom is -0.379 e. The second-order valence-corrected chi connectivity index (χ2v) is 8.61. The van der Waals surface area contributed by atoms with Gasteiger partial charge < -0.3 is 10.2 Å². The molecule has 146 valence electrons. The Morgan fingerprint density at radius 1 is 1.23 bits per heavy atom. The molecule has 0 spiro atoms. The van der Waals surface area contributed by atoms with Crippen molar-refractivity contribution in [2.75, 3.05) is 31.5 Å². The zero-order chi connectivity index (χ0) is 19.2. The molecule has 8 nitrogen and oxygen atoms in total. The smallest absolute Gasteiger partial charge is 0.293 e. The molecule has 0 saturated carbocycles. The highest BCUT2D eigenvalue weighted by Gasteiger charge is 2.22. The van der Waals surface area contributed by atoms with Gasteiger partial charge in [0, 0.05) is 18.7 Å². The first-order valence-corrected chi connectivity index (χ1v) is 10.5. The van der Waals surface area contributed by atoms with E-state index >= 15 is 0 Å². The first-order valence-electron chi connectivity index (χ1n) is 9.06. The molecule has 1 aromatic rings. The van der Waals surface area contributed by atoms with Crippen LogP contribution in [0.5, 0.6) is 0 Å². The third kappa shape index (κ3) is 5.93. The van der Waals surface area contributed by atoms with Crippen molar-refractivity contribution in [3.8, 4) is 0 Å². The first-order chi connectivity index (χ1) is 12.3. The van der Waals surface area contributed by atoms with Crippen LogP contribution < -0.4 is 10.0 Å². The molecular formula is C17H28N4O4S. The molecule has 1 saturated heterocycles. The van der Waals surface area contributed by atoms with E-state index in [2.05, 4.69) is 14.9 Å².